The topological polar surface area (TPSA) is 34.4 Å². The van der Waals surface area contributed by atoms with E-state index >= 15 is 0 Å². The summed E-state index contributed by atoms with van der Waals surface area (Å²) in [5, 5.41) is 3.61. The lowest BCUT2D eigenvalue weighted by atomic mass is 9.77. The Morgan fingerprint density at radius 2 is 1.19 bits per heavy atom. The van der Waals surface area contributed by atoms with Crippen LogP contribution in [-0.2, 0) is 16.1 Å². The Morgan fingerprint density at radius 3 is 1.86 bits per heavy atom. The molecule has 0 bridgehead atoms. The normalized spacial score (nSPS) is 17.8. The number of ether oxygens (including phenoxy) is 1. The van der Waals surface area contributed by atoms with Crippen molar-refractivity contribution in [3.05, 3.63) is 161 Å². The summed E-state index contributed by atoms with van der Waals surface area (Å²) in [5.74, 6) is 7.55. The van der Waals surface area contributed by atoms with Gasteiger partial charge in [0.2, 0.25) is 0 Å². The van der Waals surface area contributed by atoms with E-state index in [-0.39, 0.29) is 0 Å². The van der Waals surface area contributed by atoms with E-state index in [2.05, 4.69) is 83.9 Å². The molecule has 0 saturated heterocycles. The van der Waals surface area contributed by atoms with Crippen LogP contribution < -0.4 is 5.32 Å². The van der Waals surface area contributed by atoms with Gasteiger partial charge in [0.05, 0.1) is 0 Å². The lowest BCUT2D eigenvalue weighted by Crippen LogP contribution is -2.49. The van der Waals surface area contributed by atoms with Crippen molar-refractivity contribution in [3.8, 4) is 11.8 Å². The van der Waals surface area contributed by atoms with Gasteiger partial charge in [0, 0.05) is 16.8 Å². The zero-order valence-corrected chi connectivity index (χ0v) is 19.9. The van der Waals surface area contributed by atoms with Gasteiger partial charge in [-0.25, -0.2) is 0 Å². The van der Waals surface area contributed by atoms with Crippen molar-refractivity contribution < 1.29 is 9.15 Å². The first-order chi connectivity index (χ1) is 17.7. The van der Waals surface area contributed by atoms with Crippen molar-refractivity contribution in [1.82, 2.24) is 0 Å². The molecule has 174 valence electrons. The van der Waals surface area contributed by atoms with Crippen LogP contribution >= 0.6 is 0 Å². The second-order valence-corrected chi connectivity index (χ2v) is 9.00. The fourth-order valence-corrected chi connectivity index (χ4v) is 4.91. The Hall–Kier alpha value is -4.52. The third-order valence-electron chi connectivity index (χ3n) is 6.58. The Morgan fingerprint density at radius 1 is 0.611 bits per heavy atom. The monoisotopic (exact) mass is 467 g/mol. The van der Waals surface area contributed by atoms with Crippen molar-refractivity contribution in [1.29, 1.82) is 0 Å². The minimum atomic E-state index is -0.952. The van der Waals surface area contributed by atoms with Gasteiger partial charge in [0.1, 0.15) is 5.60 Å². The summed E-state index contributed by atoms with van der Waals surface area (Å²) >= 11 is 0. The average molecular weight is 468 g/mol. The molecule has 3 nitrogen and oxygen atoms in total. The summed E-state index contributed by atoms with van der Waals surface area (Å²) in [4.78, 5) is 0. The van der Waals surface area contributed by atoms with Gasteiger partial charge in [-0.05, 0) is 54.3 Å². The van der Waals surface area contributed by atoms with E-state index < -0.39 is 11.3 Å². The maximum atomic E-state index is 7.17. The molecular weight excluding hydrogens is 442 g/mol. The number of fused-ring (bicyclic) bond motifs is 1. The van der Waals surface area contributed by atoms with Crippen molar-refractivity contribution in [3.63, 3.8) is 0 Å². The summed E-state index contributed by atoms with van der Waals surface area (Å²) in [6.45, 7) is 2.01. The van der Waals surface area contributed by atoms with Gasteiger partial charge >= 0.3 is 0 Å². The second-order valence-electron chi connectivity index (χ2n) is 9.00. The molecule has 0 amide bonds. The third-order valence-corrected chi connectivity index (χ3v) is 6.58. The molecule has 1 unspecified atom stereocenters. The van der Waals surface area contributed by atoms with Gasteiger partial charge in [0.15, 0.2) is 17.2 Å². The lowest BCUT2D eigenvalue weighted by molar-refractivity contribution is -0.119. The zero-order valence-electron chi connectivity index (χ0n) is 19.9. The molecule has 6 rings (SSSR count). The Labute approximate surface area is 211 Å². The van der Waals surface area contributed by atoms with Crippen LogP contribution in [-0.4, -0.2) is 0 Å². The number of para-hydroxylation sites is 1. The van der Waals surface area contributed by atoms with Crippen molar-refractivity contribution in [2.24, 2.45) is 0 Å². The number of nitrogens with one attached hydrogen (secondary N) is 1. The molecule has 1 aliphatic heterocycles. The summed E-state index contributed by atoms with van der Waals surface area (Å²) in [6, 6.07) is 42.8. The van der Waals surface area contributed by atoms with Gasteiger partial charge in [-0.1, -0.05) is 103 Å². The smallest absolute Gasteiger partial charge is 0.196 e. The summed E-state index contributed by atoms with van der Waals surface area (Å²) < 4.78 is 13.4. The number of anilines is 1. The van der Waals surface area contributed by atoms with Crippen LogP contribution in [0.25, 0.3) is 0 Å². The first-order valence-electron chi connectivity index (χ1n) is 12.0. The summed E-state index contributed by atoms with van der Waals surface area (Å²) in [5.41, 5.74) is 3.28. The predicted molar refractivity (Wildman–Crippen MR) is 142 cm³/mol. The Balaban J connectivity index is 1.50. The van der Waals surface area contributed by atoms with Crippen LogP contribution in [0.15, 0.2) is 132 Å². The molecule has 0 fully saturated rings. The fraction of sp³-hybridized carbons (Fsp3) is 0.0909. The van der Waals surface area contributed by atoms with Gasteiger partial charge in [-0.15, -0.1) is 0 Å². The highest BCUT2D eigenvalue weighted by Gasteiger charge is 2.50. The largest absolute Gasteiger partial charge is 0.448 e. The SMILES string of the molecule is CC1(c2ccc(C#Cc3ccccc3)o2)Nc2ccccc2C(c2ccccc2)(c2ccccc2)O1. The van der Waals surface area contributed by atoms with Gasteiger partial charge in [-0.2, -0.15) is 0 Å². The molecule has 0 radical (unpaired) electrons. The molecule has 0 aliphatic carbocycles. The van der Waals surface area contributed by atoms with Crippen LogP contribution in [0.4, 0.5) is 5.69 Å². The molecular formula is C33H25NO2. The van der Waals surface area contributed by atoms with Crippen LogP contribution in [0, 0.1) is 11.8 Å². The van der Waals surface area contributed by atoms with E-state index in [9.17, 15) is 0 Å². The summed E-state index contributed by atoms with van der Waals surface area (Å²) in [6.07, 6.45) is 0. The molecule has 0 spiro atoms. The minimum Gasteiger partial charge on any atom is -0.448 e. The molecule has 1 atom stereocenters. The van der Waals surface area contributed by atoms with E-state index in [4.69, 9.17) is 9.15 Å². The quantitative estimate of drug-likeness (QED) is 0.283. The fourth-order valence-electron chi connectivity index (χ4n) is 4.91. The van der Waals surface area contributed by atoms with Crippen LogP contribution in [0.5, 0.6) is 0 Å². The molecule has 4 aromatic carbocycles. The molecule has 1 aromatic heterocycles. The third kappa shape index (κ3) is 3.79. The molecule has 36 heavy (non-hydrogen) atoms. The van der Waals surface area contributed by atoms with Crippen molar-refractivity contribution >= 4 is 5.69 Å². The number of rotatable bonds is 3. The number of benzene rings is 4. The Kier molecular flexibility index (Phi) is 5.45. The van der Waals surface area contributed by atoms with Crippen molar-refractivity contribution in [2.45, 2.75) is 18.2 Å². The standard InChI is InChI=1S/C33H25NO2/c1-32(31-24-23-28(35-31)22-21-25-13-5-2-6-14-25)34-30-20-12-11-19-29(30)33(36-32,26-15-7-3-8-16-26)27-17-9-4-10-18-27/h2-20,23-24,34H,1H3. The van der Waals surface area contributed by atoms with Gasteiger partial charge in [0.25, 0.3) is 0 Å². The van der Waals surface area contributed by atoms with Crippen LogP contribution in [0.2, 0.25) is 0 Å². The molecule has 5 aromatic rings. The molecule has 1 aliphatic rings. The number of hydrogen-bond acceptors (Lipinski definition) is 3. The highest BCUT2D eigenvalue weighted by molar-refractivity contribution is 5.64. The highest BCUT2D eigenvalue weighted by atomic mass is 16.6. The molecule has 0 saturated carbocycles. The van der Waals surface area contributed by atoms with E-state index in [0.29, 0.717) is 11.5 Å². The molecule has 1 N–H and O–H groups in total. The van der Waals surface area contributed by atoms with Gasteiger partial charge < -0.3 is 14.5 Å². The first-order valence-corrected chi connectivity index (χ1v) is 12.0. The summed E-state index contributed by atoms with van der Waals surface area (Å²) in [7, 11) is 0. The second kappa shape index (κ2) is 8.92. The Bertz CT molecular complexity index is 1510. The van der Waals surface area contributed by atoms with E-state index in [1.54, 1.807) is 0 Å². The number of furan rings is 1. The zero-order chi connectivity index (χ0) is 24.4. The highest BCUT2D eigenvalue weighted by Crippen LogP contribution is 2.52. The molecule has 2 heterocycles. The van der Waals surface area contributed by atoms with E-state index in [1.807, 2.05) is 67.6 Å². The van der Waals surface area contributed by atoms with Crippen LogP contribution in [0.1, 0.15) is 40.7 Å². The predicted octanol–water partition coefficient (Wildman–Crippen LogP) is 7.29. The molecule has 3 heteroatoms. The number of hydrogen-bond donors (Lipinski definition) is 1. The van der Waals surface area contributed by atoms with Gasteiger partial charge in [-0.3, -0.25) is 0 Å². The lowest BCUT2D eigenvalue weighted by Gasteiger charge is -2.48. The maximum Gasteiger partial charge on any atom is 0.196 e. The van der Waals surface area contributed by atoms with Crippen LogP contribution in [0.3, 0.4) is 0 Å². The first kappa shape index (κ1) is 22.0. The van der Waals surface area contributed by atoms with E-state index in [0.717, 1.165) is 27.9 Å². The maximum absolute atomic E-state index is 7.17. The minimum absolute atomic E-state index is 0.587. The average Bonchev–Trinajstić information content (AvgIpc) is 3.43. The van der Waals surface area contributed by atoms with Crippen molar-refractivity contribution in [2.75, 3.05) is 5.32 Å². The van der Waals surface area contributed by atoms with E-state index in [1.165, 1.54) is 0 Å².